The second kappa shape index (κ2) is 6.48. The summed E-state index contributed by atoms with van der Waals surface area (Å²) in [5.41, 5.74) is 2.64. The molecule has 6 heteroatoms. The van der Waals surface area contributed by atoms with Crippen molar-refractivity contribution in [1.82, 2.24) is 9.78 Å². The predicted molar refractivity (Wildman–Crippen MR) is 85.4 cm³/mol. The smallest absolute Gasteiger partial charge is 0.0846 e. The van der Waals surface area contributed by atoms with Gasteiger partial charge in [-0.3, -0.25) is 4.68 Å². The van der Waals surface area contributed by atoms with Gasteiger partial charge in [0.25, 0.3) is 0 Å². The zero-order valence-electron chi connectivity index (χ0n) is 11.2. The average molecular weight is 378 g/mol. The Balaban J connectivity index is 2.27. The summed E-state index contributed by atoms with van der Waals surface area (Å²) < 4.78 is 2.74. The number of halogens is 3. The molecule has 0 radical (unpaired) electrons. The third-order valence-electron chi connectivity index (χ3n) is 3.16. The Hall–Kier alpha value is -0.550. The molecule has 108 valence electrons. The van der Waals surface area contributed by atoms with Gasteiger partial charge in [0.15, 0.2) is 0 Å². The fourth-order valence-electron chi connectivity index (χ4n) is 2.11. The minimum absolute atomic E-state index is 0.445. The van der Waals surface area contributed by atoms with Crippen LogP contribution < -0.4 is 0 Å². The molecule has 0 bridgehead atoms. The molecular weight excluding hydrogens is 363 g/mol. The number of rotatable bonds is 4. The Morgan fingerprint density at radius 1 is 1.30 bits per heavy atom. The topological polar surface area (TPSA) is 38.0 Å². The largest absolute Gasteiger partial charge is 0.388 e. The summed E-state index contributed by atoms with van der Waals surface area (Å²) >= 11 is 15.5. The van der Waals surface area contributed by atoms with Crippen LogP contribution in [0.5, 0.6) is 0 Å². The monoisotopic (exact) mass is 376 g/mol. The van der Waals surface area contributed by atoms with Gasteiger partial charge in [0.05, 0.1) is 22.0 Å². The molecule has 1 unspecified atom stereocenters. The molecule has 2 aromatic rings. The van der Waals surface area contributed by atoms with Crippen LogP contribution >= 0.6 is 39.1 Å². The first kappa shape index (κ1) is 15.8. The van der Waals surface area contributed by atoms with Crippen molar-refractivity contribution >= 4 is 39.1 Å². The Kier molecular flexibility index (Phi) is 5.13. The van der Waals surface area contributed by atoms with Gasteiger partial charge in [0.2, 0.25) is 0 Å². The van der Waals surface area contributed by atoms with E-state index < -0.39 is 6.10 Å². The van der Waals surface area contributed by atoms with E-state index in [2.05, 4.69) is 21.0 Å². The van der Waals surface area contributed by atoms with Crippen LogP contribution in [-0.4, -0.2) is 14.9 Å². The number of aliphatic hydroxyl groups is 1. The number of hydrogen-bond donors (Lipinski definition) is 1. The number of aromatic nitrogens is 2. The lowest BCUT2D eigenvalue weighted by Crippen LogP contribution is -2.07. The van der Waals surface area contributed by atoms with Crippen LogP contribution in [0.15, 0.2) is 22.7 Å². The van der Waals surface area contributed by atoms with Crippen LogP contribution in [0.3, 0.4) is 0 Å². The third-order valence-corrected chi connectivity index (χ3v) is 4.51. The van der Waals surface area contributed by atoms with E-state index in [1.807, 2.05) is 14.0 Å². The quantitative estimate of drug-likeness (QED) is 0.861. The molecular formula is C14H15BrCl2N2O. The number of benzene rings is 1. The summed E-state index contributed by atoms with van der Waals surface area (Å²) in [5, 5.41) is 15.8. The van der Waals surface area contributed by atoms with E-state index in [1.165, 1.54) is 0 Å². The van der Waals surface area contributed by atoms with Crippen molar-refractivity contribution in [3.05, 3.63) is 49.7 Å². The first-order chi connectivity index (χ1) is 9.42. The molecule has 0 aliphatic heterocycles. The minimum atomic E-state index is -0.678. The Morgan fingerprint density at radius 3 is 2.40 bits per heavy atom. The molecule has 0 saturated heterocycles. The maximum atomic E-state index is 10.4. The second-order valence-electron chi connectivity index (χ2n) is 4.61. The molecule has 1 aromatic heterocycles. The zero-order chi connectivity index (χ0) is 14.9. The van der Waals surface area contributed by atoms with Crippen molar-refractivity contribution in [1.29, 1.82) is 0 Å². The molecule has 0 aliphatic rings. The van der Waals surface area contributed by atoms with Gasteiger partial charge in [0.1, 0.15) is 0 Å². The molecule has 0 spiro atoms. The van der Waals surface area contributed by atoms with Gasteiger partial charge in [-0.2, -0.15) is 5.10 Å². The molecule has 1 N–H and O–H groups in total. The van der Waals surface area contributed by atoms with Crippen LogP contribution in [0.4, 0.5) is 0 Å². The van der Waals surface area contributed by atoms with Crippen LogP contribution in [-0.2, 0) is 19.9 Å². The molecule has 20 heavy (non-hydrogen) atoms. The number of aryl methyl sites for hydroxylation is 2. The zero-order valence-corrected chi connectivity index (χ0v) is 14.3. The summed E-state index contributed by atoms with van der Waals surface area (Å²) in [4.78, 5) is 0. The van der Waals surface area contributed by atoms with Gasteiger partial charge >= 0.3 is 0 Å². The highest BCUT2D eigenvalue weighted by Crippen LogP contribution is 2.29. The van der Waals surface area contributed by atoms with Gasteiger partial charge in [0, 0.05) is 23.5 Å². The lowest BCUT2D eigenvalue weighted by Gasteiger charge is -2.12. The van der Waals surface area contributed by atoms with Gasteiger partial charge < -0.3 is 5.11 Å². The summed E-state index contributed by atoms with van der Waals surface area (Å²) in [7, 11) is 1.87. The van der Waals surface area contributed by atoms with Crippen molar-refractivity contribution in [2.24, 2.45) is 7.05 Å². The van der Waals surface area contributed by atoms with E-state index in [4.69, 9.17) is 23.2 Å². The summed E-state index contributed by atoms with van der Waals surface area (Å²) in [6.45, 7) is 2.05. The first-order valence-electron chi connectivity index (χ1n) is 6.26. The lowest BCUT2D eigenvalue weighted by atomic mass is 10.0. The minimum Gasteiger partial charge on any atom is -0.388 e. The molecule has 0 saturated carbocycles. The molecule has 0 amide bonds. The molecule has 0 aliphatic carbocycles. The standard InChI is InChI=1S/C14H15BrCl2N2O/c1-3-11-14(15)12(19(2)18-11)7-13(20)8-4-9(16)6-10(17)5-8/h4-6,13,20H,3,7H2,1-2H3. The van der Waals surface area contributed by atoms with E-state index in [0.29, 0.717) is 22.0 Å². The maximum Gasteiger partial charge on any atom is 0.0846 e. The van der Waals surface area contributed by atoms with Crippen molar-refractivity contribution in [3.8, 4) is 0 Å². The Morgan fingerprint density at radius 2 is 1.90 bits per heavy atom. The average Bonchev–Trinajstić information content (AvgIpc) is 2.65. The third kappa shape index (κ3) is 3.37. The lowest BCUT2D eigenvalue weighted by molar-refractivity contribution is 0.175. The van der Waals surface area contributed by atoms with E-state index in [9.17, 15) is 5.11 Å². The first-order valence-corrected chi connectivity index (χ1v) is 7.81. The van der Waals surface area contributed by atoms with Crippen LogP contribution in [0.2, 0.25) is 10.0 Å². The Labute approximate surface area is 136 Å². The van der Waals surface area contributed by atoms with E-state index >= 15 is 0 Å². The SMILES string of the molecule is CCc1nn(C)c(CC(O)c2cc(Cl)cc(Cl)c2)c1Br. The fraction of sp³-hybridized carbons (Fsp3) is 0.357. The highest BCUT2D eigenvalue weighted by Gasteiger charge is 2.18. The number of aliphatic hydroxyl groups excluding tert-OH is 1. The highest BCUT2D eigenvalue weighted by molar-refractivity contribution is 9.10. The molecule has 2 rings (SSSR count). The molecule has 1 aromatic carbocycles. The van der Waals surface area contributed by atoms with Gasteiger partial charge in [-0.1, -0.05) is 30.1 Å². The normalized spacial score (nSPS) is 12.7. The number of hydrogen-bond acceptors (Lipinski definition) is 2. The molecule has 3 nitrogen and oxygen atoms in total. The summed E-state index contributed by atoms with van der Waals surface area (Å²) in [6.07, 6.45) is 0.608. The number of nitrogens with zero attached hydrogens (tertiary/aromatic N) is 2. The van der Waals surface area contributed by atoms with Gasteiger partial charge in [-0.05, 0) is 46.1 Å². The van der Waals surface area contributed by atoms with Crippen LogP contribution in [0.1, 0.15) is 30.0 Å². The summed E-state index contributed by atoms with van der Waals surface area (Å²) in [6, 6.07) is 5.10. The molecule has 0 fully saturated rings. The van der Waals surface area contributed by atoms with Crippen LogP contribution in [0, 0.1) is 0 Å². The van der Waals surface area contributed by atoms with E-state index in [-0.39, 0.29) is 0 Å². The van der Waals surface area contributed by atoms with Crippen molar-refractivity contribution in [2.75, 3.05) is 0 Å². The van der Waals surface area contributed by atoms with Gasteiger partial charge in [-0.15, -0.1) is 0 Å². The second-order valence-corrected chi connectivity index (χ2v) is 6.27. The van der Waals surface area contributed by atoms with E-state index in [0.717, 1.165) is 22.3 Å². The van der Waals surface area contributed by atoms with Crippen LogP contribution in [0.25, 0.3) is 0 Å². The van der Waals surface area contributed by atoms with Crippen molar-refractivity contribution < 1.29 is 5.11 Å². The van der Waals surface area contributed by atoms with Gasteiger partial charge in [-0.25, -0.2) is 0 Å². The predicted octanol–water partition coefficient (Wildman–Crippen LogP) is 4.33. The Bertz CT molecular complexity index is 608. The molecule has 1 heterocycles. The van der Waals surface area contributed by atoms with Crippen molar-refractivity contribution in [2.45, 2.75) is 25.9 Å². The fourth-order valence-corrected chi connectivity index (χ4v) is 3.43. The van der Waals surface area contributed by atoms with Crippen molar-refractivity contribution in [3.63, 3.8) is 0 Å². The maximum absolute atomic E-state index is 10.4. The highest BCUT2D eigenvalue weighted by atomic mass is 79.9. The molecule has 1 atom stereocenters. The van der Waals surface area contributed by atoms with E-state index in [1.54, 1.807) is 22.9 Å². The summed E-state index contributed by atoms with van der Waals surface area (Å²) in [5.74, 6) is 0.